The highest BCUT2D eigenvalue weighted by atomic mass is 32.2. The fourth-order valence-corrected chi connectivity index (χ4v) is 7.10. The molecule has 2 fully saturated rings. The van der Waals surface area contributed by atoms with Crippen molar-refractivity contribution in [2.24, 2.45) is 0 Å². The summed E-state index contributed by atoms with van der Waals surface area (Å²) in [4.78, 5) is 2.78. The minimum absolute atomic E-state index is 0.305. The van der Waals surface area contributed by atoms with Crippen LogP contribution in [0.4, 0.5) is 0 Å². The summed E-state index contributed by atoms with van der Waals surface area (Å²) < 4.78 is 32.5. The number of para-hydroxylation sites is 1. The van der Waals surface area contributed by atoms with Gasteiger partial charge >= 0.3 is 0 Å². The van der Waals surface area contributed by atoms with Crippen LogP contribution >= 0.6 is 12.2 Å². The molecule has 2 aliphatic rings. The third kappa shape index (κ3) is 4.87. The molecule has 0 saturated carbocycles. The van der Waals surface area contributed by atoms with E-state index in [-0.39, 0.29) is 0 Å². The summed E-state index contributed by atoms with van der Waals surface area (Å²) in [6.45, 7) is 5.07. The molecule has 35 heavy (non-hydrogen) atoms. The molecule has 9 heteroatoms. The Morgan fingerprint density at radius 3 is 2.46 bits per heavy atom. The largest absolute Gasteiger partial charge is 0.281 e. The van der Waals surface area contributed by atoms with Crippen LogP contribution in [-0.4, -0.2) is 57.6 Å². The quantitative estimate of drug-likeness (QED) is 0.414. The number of rotatable bonds is 7. The molecule has 0 spiro atoms. The Morgan fingerprint density at radius 1 is 0.971 bits per heavy atom. The minimum Gasteiger partial charge on any atom is -0.281 e. The number of hydrogen-bond acceptors (Lipinski definition) is 5. The zero-order valence-electron chi connectivity index (χ0n) is 20.2. The van der Waals surface area contributed by atoms with Crippen molar-refractivity contribution in [1.82, 2.24) is 23.6 Å². The normalized spacial score (nSPS) is 19.9. The van der Waals surface area contributed by atoms with Gasteiger partial charge in [0.25, 0.3) is 0 Å². The van der Waals surface area contributed by atoms with Gasteiger partial charge in [0.2, 0.25) is 14.8 Å². The van der Waals surface area contributed by atoms with E-state index in [1.54, 1.807) is 22.5 Å². The lowest BCUT2D eigenvalue weighted by Gasteiger charge is -2.34. The van der Waals surface area contributed by atoms with Crippen molar-refractivity contribution in [3.05, 3.63) is 59.4 Å². The van der Waals surface area contributed by atoms with Crippen molar-refractivity contribution in [3.63, 3.8) is 0 Å². The molecule has 7 nitrogen and oxygen atoms in total. The first-order valence-electron chi connectivity index (χ1n) is 12.6. The van der Waals surface area contributed by atoms with E-state index in [9.17, 15) is 8.42 Å². The maximum absolute atomic E-state index is 13.2. The van der Waals surface area contributed by atoms with E-state index in [1.165, 1.54) is 19.3 Å². The van der Waals surface area contributed by atoms with Gasteiger partial charge in [0.05, 0.1) is 11.6 Å². The molecule has 0 bridgehead atoms. The molecule has 0 radical (unpaired) electrons. The average molecular weight is 512 g/mol. The van der Waals surface area contributed by atoms with Crippen LogP contribution in [0.5, 0.6) is 0 Å². The van der Waals surface area contributed by atoms with Crippen LogP contribution in [0.25, 0.3) is 17.1 Å². The monoisotopic (exact) mass is 511 g/mol. The molecule has 0 aliphatic carbocycles. The highest BCUT2D eigenvalue weighted by Gasteiger charge is 2.28. The molecule has 0 amide bonds. The van der Waals surface area contributed by atoms with Crippen molar-refractivity contribution >= 4 is 22.2 Å². The van der Waals surface area contributed by atoms with Crippen molar-refractivity contribution in [2.45, 2.75) is 63.1 Å². The van der Waals surface area contributed by atoms with Gasteiger partial charge in [-0.05, 0) is 68.6 Å². The van der Waals surface area contributed by atoms with Crippen LogP contribution in [-0.2, 0) is 16.7 Å². The van der Waals surface area contributed by atoms with E-state index in [4.69, 9.17) is 17.3 Å². The highest BCUT2D eigenvalue weighted by molar-refractivity contribution is 7.89. The molecule has 2 aliphatic heterocycles. The fraction of sp³-hybridized carbons (Fsp3) is 0.462. The van der Waals surface area contributed by atoms with Gasteiger partial charge in [-0.3, -0.25) is 9.47 Å². The first kappa shape index (κ1) is 24.4. The zero-order chi connectivity index (χ0) is 24.4. The number of aromatic nitrogens is 3. The maximum atomic E-state index is 13.2. The first-order chi connectivity index (χ1) is 17.0. The Bertz CT molecular complexity index is 1330. The Morgan fingerprint density at radius 2 is 1.71 bits per heavy atom. The SMILES string of the molecule is CC[C@H]1CCCCN1Cn1nc(-c2cccc(S(=O)(=O)N3CCCC3)c2)n(-c2ccccc2)c1=S. The van der Waals surface area contributed by atoms with Crippen LogP contribution in [0.2, 0.25) is 0 Å². The van der Waals surface area contributed by atoms with Gasteiger partial charge in [0.1, 0.15) is 0 Å². The molecule has 3 aromatic rings. The van der Waals surface area contributed by atoms with Crippen molar-refractivity contribution in [3.8, 4) is 17.1 Å². The van der Waals surface area contributed by atoms with Gasteiger partial charge in [0, 0.05) is 36.9 Å². The van der Waals surface area contributed by atoms with Crippen molar-refractivity contribution in [1.29, 1.82) is 0 Å². The second kappa shape index (κ2) is 10.3. The first-order valence-corrected chi connectivity index (χ1v) is 14.4. The van der Waals surface area contributed by atoms with Crippen LogP contribution in [0, 0.1) is 4.77 Å². The minimum atomic E-state index is -3.53. The lowest BCUT2D eigenvalue weighted by Crippen LogP contribution is -2.40. The molecular formula is C26H33N5O2S2. The standard InChI is InChI=1S/C26H33N5O2S2/c1-2-22-12-6-7-16-28(22)20-30-26(34)31(23-13-4-3-5-14-23)25(27-30)21-11-10-15-24(19-21)35(32,33)29-17-8-9-18-29/h3-5,10-11,13-15,19,22H,2,6-9,12,16-18,20H2,1H3/t22-/m0/s1. The van der Waals surface area contributed by atoms with Gasteiger partial charge in [-0.1, -0.05) is 43.7 Å². The lowest BCUT2D eigenvalue weighted by atomic mass is 10.0. The lowest BCUT2D eigenvalue weighted by molar-refractivity contribution is 0.100. The predicted molar refractivity (Wildman–Crippen MR) is 140 cm³/mol. The smallest absolute Gasteiger partial charge is 0.243 e. The maximum Gasteiger partial charge on any atom is 0.243 e. The third-order valence-corrected chi connectivity index (χ3v) is 9.47. The molecule has 5 rings (SSSR count). The molecule has 2 saturated heterocycles. The summed E-state index contributed by atoms with van der Waals surface area (Å²) in [6, 6.07) is 17.6. The molecule has 1 atom stereocenters. The number of hydrogen-bond donors (Lipinski definition) is 0. The number of piperidine rings is 1. The summed E-state index contributed by atoms with van der Waals surface area (Å²) in [5.74, 6) is 0.657. The van der Waals surface area contributed by atoms with E-state index in [0.717, 1.165) is 37.1 Å². The summed E-state index contributed by atoms with van der Waals surface area (Å²) in [6.07, 6.45) is 6.58. The highest BCUT2D eigenvalue weighted by Crippen LogP contribution is 2.28. The van der Waals surface area contributed by atoms with Crippen LogP contribution in [0.15, 0.2) is 59.5 Å². The average Bonchev–Trinajstić information content (AvgIpc) is 3.54. The van der Waals surface area contributed by atoms with Crippen LogP contribution in [0.3, 0.4) is 0 Å². The van der Waals surface area contributed by atoms with E-state index in [0.29, 0.717) is 41.3 Å². The number of sulfonamides is 1. The van der Waals surface area contributed by atoms with Crippen LogP contribution < -0.4 is 0 Å². The van der Waals surface area contributed by atoms with Gasteiger partial charge in [-0.25, -0.2) is 13.1 Å². The zero-order valence-corrected chi connectivity index (χ0v) is 21.8. The van der Waals surface area contributed by atoms with Gasteiger partial charge in [-0.15, -0.1) is 5.10 Å². The number of benzene rings is 2. The van der Waals surface area contributed by atoms with Crippen molar-refractivity contribution < 1.29 is 8.42 Å². The second-order valence-corrected chi connectivity index (χ2v) is 11.7. The summed E-state index contributed by atoms with van der Waals surface area (Å²) in [5.41, 5.74) is 1.65. The summed E-state index contributed by atoms with van der Waals surface area (Å²) >= 11 is 5.94. The summed E-state index contributed by atoms with van der Waals surface area (Å²) in [5, 5.41) is 4.97. The van der Waals surface area contributed by atoms with Gasteiger partial charge in [-0.2, -0.15) is 4.31 Å². The van der Waals surface area contributed by atoms with E-state index in [2.05, 4.69) is 11.8 Å². The van der Waals surface area contributed by atoms with E-state index < -0.39 is 10.0 Å². The Kier molecular flexibility index (Phi) is 7.20. The van der Waals surface area contributed by atoms with E-state index in [1.807, 2.05) is 45.6 Å². The van der Waals surface area contributed by atoms with Gasteiger partial charge < -0.3 is 0 Å². The molecule has 0 N–H and O–H groups in total. The number of likely N-dealkylation sites (tertiary alicyclic amines) is 1. The van der Waals surface area contributed by atoms with Gasteiger partial charge in [0.15, 0.2) is 5.82 Å². The summed E-state index contributed by atoms with van der Waals surface area (Å²) in [7, 11) is -3.53. The molecule has 2 aromatic carbocycles. The Hall–Kier alpha value is -2.33. The molecule has 0 unspecified atom stereocenters. The topological polar surface area (TPSA) is 63.4 Å². The predicted octanol–water partition coefficient (Wildman–Crippen LogP) is 5.08. The number of nitrogens with zero attached hydrogens (tertiary/aromatic N) is 5. The van der Waals surface area contributed by atoms with E-state index >= 15 is 0 Å². The Labute approximate surface area is 213 Å². The molecule has 3 heterocycles. The molecular weight excluding hydrogens is 478 g/mol. The molecule has 186 valence electrons. The molecule has 1 aromatic heterocycles. The Balaban J connectivity index is 1.58. The van der Waals surface area contributed by atoms with Crippen molar-refractivity contribution in [2.75, 3.05) is 19.6 Å². The second-order valence-electron chi connectivity index (χ2n) is 9.43. The van der Waals surface area contributed by atoms with Crippen LogP contribution in [0.1, 0.15) is 45.4 Å². The third-order valence-electron chi connectivity index (χ3n) is 7.18. The fourth-order valence-electron chi connectivity index (χ4n) is 5.25.